The molecule has 74 valence electrons. The summed E-state index contributed by atoms with van der Waals surface area (Å²) in [5, 5.41) is 10.7. The monoisotopic (exact) mass is 214 g/mol. The molecule has 1 aromatic heterocycles. The number of pyridine rings is 1. The topological polar surface area (TPSA) is 65.3 Å². The second kappa shape index (κ2) is 3.42. The summed E-state index contributed by atoms with van der Waals surface area (Å²) in [6.45, 7) is 0. The van der Waals surface area contributed by atoms with Crippen LogP contribution in [0, 0.1) is 10.1 Å². The molecule has 0 spiro atoms. The van der Waals surface area contributed by atoms with Crippen LogP contribution >= 0.6 is 11.6 Å². The van der Waals surface area contributed by atoms with Crippen LogP contribution in [0.5, 0.6) is 5.75 Å². The third-order valence-electron chi connectivity index (χ3n) is 1.80. The molecule has 1 aromatic rings. The zero-order valence-electron chi connectivity index (χ0n) is 7.14. The molecule has 1 aliphatic carbocycles. The molecule has 2 rings (SSSR count). The first-order valence-electron chi connectivity index (χ1n) is 4.14. The Morgan fingerprint density at radius 1 is 1.57 bits per heavy atom. The fraction of sp³-hybridized carbons (Fsp3) is 0.375. The summed E-state index contributed by atoms with van der Waals surface area (Å²) in [6, 6.07) is 2.96. The van der Waals surface area contributed by atoms with Gasteiger partial charge >= 0.3 is 5.82 Å². The average molecular weight is 215 g/mol. The Hall–Kier alpha value is -1.36. The number of hydrogen-bond donors (Lipinski definition) is 0. The van der Waals surface area contributed by atoms with Crippen molar-refractivity contribution in [3.63, 3.8) is 0 Å². The number of aromatic nitrogens is 1. The van der Waals surface area contributed by atoms with Crippen LogP contribution in [0.4, 0.5) is 5.82 Å². The molecule has 0 radical (unpaired) electrons. The summed E-state index contributed by atoms with van der Waals surface area (Å²) in [6.07, 6.45) is 2.00. The Morgan fingerprint density at radius 2 is 2.29 bits per heavy atom. The van der Waals surface area contributed by atoms with Crippen molar-refractivity contribution in [3.8, 4) is 5.75 Å². The fourth-order valence-electron chi connectivity index (χ4n) is 1.00. The van der Waals surface area contributed by atoms with Crippen LogP contribution in [0.25, 0.3) is 0 Å². The van der Waals surface area contributed by atoms with Gasteiger partial charge in [-0.15, -0.1) is 0 Å². The van der Waals surface area contributed by atoms with Gasteiger partial charge in [0.25, 0.3) is 0 Å². The fourth-order valence-corrected chi connectivity index (χ4v) is 1.14. The molecule has 0 N–H and O–H groups in total. The van der Waals surface area contributed by atoms with E-state index < -0.39 is 4.92 Å². The number of ether oxygens (including phenoxy) is 1. The van der Waals surface area contributed by atoms with Crippen molar-refractivity contribution in [1.29, 1.82) is 0 Å². The minimum Gasteiger partial charge on any atom is -0.482 e. The molecule has 0 aliphatic heterocycles. The van der Waals surface area contributed by atoms with E-state index in [-0.39, 0.29) is 22.8 Å². The van der Waals surface area contributed by atoms with Gasteiger partial charge in [0.2, 0.25) is 10.9 Å². The molecule has 0 unspecified atom stereocenters. The molecule has 1 heterocycles. The second-order valence-electron chi connectivity index (χ2n) is 3.03. The highest BCUT2D eigenvalue weighted by Gasteiger charge is 2.28. The predicted molar refractivity (Wildman–Crippen MR) is 49.6 cm³/mol. The smallest absolute Gasteiger partial charge is 0.407 e. The highest BCUT2D eigenvalue weighted by Crippen LogP contribution is 2.32. The number of nitrogens with zero attached hydrogens (tertiary/aromatic N) is 2. The molecule has 0 saturated heterocycles. The molecule has 0 amide bonds. The second-order valence-corrected chi connectivity index (χ2v) is 3.42. The quantitative estimate of drug-likeness (QED) is 0.440. The van der Waals surface area contributed by atoms with E-state index in [9.17, 15) is 10.1 Å². The molecule has 1 aliphatic rings. The van der Waals surface area contributed by atoms with Gasteiger partial charge in [0.15, 0.2) is 0 Å². The Bertz CT molecular complexity index is 379. The van der Waals surface area contributed by atoms with Crippen molar-refractivity contribution in [1.82, 2.24) is 4.98 Å². The Morgan fingerprint density at radius 3 is 2.86 bits per heavy atom. The molecule has 6 heteroatoms. The van der Waals surface area contributed by atoms with E-state index in [1.165, 1.54) is 12.1 Å². The van der Waals surface area contributed by atoms with Crippen molar-refractivity contribution in [2.45, 2.75) is 18.9 Å². The minimum atomic E-state index is -0.594. The summed E-state index contributed by atoms with van der Waals surface area (Å²) in [4.78, 5) is 13.6. The van der Waals surface area contributed by atoms with Crippen molar-refractivity contribution >= 4 is 17.4 Å². The lowest BCUT2D eigenvalue weighted by atomic mass is 10.4. The third-order valence-corrected chi connectivity index (χ3v) is 2.01. The Balaban J connectivity index is 2.31. The van der Waals surface area contributed by atoms with E-state index in [4.69, 9.17) is 16.3 Å². The molecule has 1 saturated carbocycles. The van der Waals surface area contributed by atoms with E-state index in [0.717, 1.165) is 12.8 Å². The van der Waals surface area contributed by atoms with Gasteiger partial charge in [-0.1, -0.05) is 0 Å². The largest absolute Gasteiger partial charge is 0.482 e. The van der Waals surface area contributed by atoms with Gasteiger partial charge in [0.05, 0.1) is 6.10 Å². The van der Waals surface area contributed by atoms with Gasteiger partial charge in [-0.2, -0.15) is 0 Å². The van der Waals surface area contributed by atoms with Crippen LogP contribution in [0.3, 0.4) is 0 Å². The van der Waals surface area contributed by atoms with Gasteiger partial charge in [-0.25, -0.2) is 0 Å². The van der Waals surface area contributed by atoms with E-state index in [1.54, 1.807) is 0 Å². The lowest BCUT2D eigenvalue weighted by Crippen LogP contribution is -2.01. The van der Waals surface area contributed by atoms with Crippen LogP contribution in [-0.2, 0) is 0 Å². The van der Waals surface area contributed by atoms with Gasteiger partial charge in [0.1, 0.15) is 0 Å². The van der Waals surface area contributed by atoms with Crippen molar-refractivity contribution in [2.75, 3.05) is 0 Å². The van der Waals surface area contributed by atoms with Crippen LogP contribution in [-0.4, -0.2) is 16.0 Å². The highest BCUT2D eigenvalue weighted by atomic mass is 35.5. The average Bonchev–Trinajstić information content (AvgIpc) is 2.91. The first kappa shape index (κ1) is 9.21. The minimum absolute atomic E-state index is 0.0971. The standard InChI is InChI=1S/C8H7ClN2O3/c9-7-4-3-6(14-5-1-2-5)8(10-7)11(12)13/h3-5H,1-2H2. The number of nitro groups is 1. The van der Waals surface area contributed by atoms with Gasteiger partial charge in [0, 0.05) is 6.07 Å². The molecule has 0 aromatic carbocycles. The summed E-state index contributed by atoms with van der Waals surface area (Å²) in [7, 11) is 0. The predicted octanol–water partition coefficient (Wildman–Crippen LogP) is 2.18. The number of rotatable bonds is 3. The Labute approximate surface area is 84.8 Å². The van der Waals surface area contributed by atoms with Crippen LogP contribution in [0.1, 0.15) is 12.8 Å². The normalized spacial score (nSPS) is 15.2. The molecule has 1 fully saturated rings. The molecule has 5 nitrogen and oxygen atoms in total. The van der Waals surface area contributed by atoms with E-state index in [2.05, 4.69) is 4.98 Å². The highest BCUT2D eigenvalue weighted by molar-refractivity contribution is 6.29. The lowest BCUT2D eigenvalue weighted by molar-refractivity contribution is -0.390. The van der Waals surface area contributed by atoms with E-state index in [0.29, 0.717) is 0 Å². The molecule has 0 atom stereocenters. The Kier molecular flexibility index (Phi) is 2.25. The summed E-state index contributed by atoms with van der Waals surface area (Å²) in [5.74, 6) is -0.119. The van der Waals surface area contributed by atoms with Crippen LogP contribution in [0.2, 0.25) is 5.15 Å². The van der Waals surface area contributed by atoms with Crippen molar-refractivity contribution in [2.24, 2.45) is 0 Å². The third kappa shape index (κ3) is 1.93. The maximum Gasteiger partial charge on any atom is 0.407 e. The van der Waals surface area contributed by atoms with E-state index in [1.807, 2.05) is 0 Å². The van der Waals surface area contributed by atoms with Crippen molar-refractivity contribution < 1.29 is 9.66 Å². The molecular weight excluding hydrogens is 208 g/mol. The summed E-state index contributed by atoms with van der Waals surface area (Å²) >= 11 is 5.54. The number of hydrogen-bond acceptors (Lipinski definition) is 4. The zero-order valence-corrected chi connectivity index (χ0v) is 7.90. The molecular formula is C8H7ClN2O3. The summed E-state index contributed by atoms with van der Waals surface area (Å²) < 4.78 is 5.31. The number of halogens is 1. The maximum atomic E-state index is 10.6. The van der Waals surface area contributed by atoms with Crippen LogP contribution in [0.15, 0.2) is 12.1 Å². The first-order valence-corrected chi connectivity index (χ1v) is 4.52. The maximum absolute atomic E-state index is 10.6. The SMILES string of the molecule is O=[N+]([O-])c1nc(Cl)ccc1OC1CC1. The zero-order chi connectivity index (χ0) is 10.1. The van der Waals surface area contributed by atoms with Gasteiger partial charge < -0.3 is 14.9 Å². The first-order chi connectivity index (χ1) is 6.66. The molecule has 0 bridgehead atoms. The van der Waals surface area contributed by atoms with E-state index >= 15 is 0 Å². The molecule has 14 heavy (non-hydrogen) atoms. The van der Waals surface area contributed by atoms with Gasteiger partial charge in [-0.05, 0) is 40.4 Å². The van der Waals surface area contributed by atoms with Gasteiger partial charge in [-0.3, -0.25) is 0 Å². The lowest BCUT2D eigenvalue weighted by Gasteiger charge is -2.03. The summed E-state index contributed by atoms with van der Waals surface area (Å²) in [5.41, 5.74) is 0. The van der Waals surface area contributed by atoms with Crippen LogP contribution < -0.4 is 4.74 Å². The van der Waals surface area contributed by atoms with Crippen molar-refractivity contribution in [3.05, 3.63) is 27.4 Å².